The number of amides is 2. The summed E-state index contributed by atoms with van der Waals surface area (Å²) < 4.78 is 0. The zero-order valence-electron chi connectivity index (χ0n) is 17.4. The highest BCUT2D eigenvalue weighted by Crippen LogP contribution is 2.33. The second-order valence-electron chi connectivity index (χ2n) is 9.24. The molecule has 2 atom stereocenters. The first kappa shape index (κ1) is 24.7. The summed E-state index contributed by atoms with van der Waals surface area (Å²) in [5.74, 6) is 1.05. The van der Waals surface area contributed by atoms with E-state index >= 15 is 0 Å². The lowest BCUT2D eigenvalue weighted by atomic mass is 9.89. The minimum atomic E-state index is 0. The Balaban J connectivity index is 0.00000150. The van der Waals surface area contributed by atoms with Gasteiger partial charge in [-0.25, -0.2) is 0 Å². The van der Waals surface area contributed by atoms with Crippen LogP contribution in [0.5, 0.6) is 0 Å². The van der Waals surface area contributed by atoms with E-state index in [1.54, 1.807) is 0 Å². The number of piperazine rings is 1. The van der Waals surface area contributed by atoms with Crippen molar-refractivity contribution in [2.24, 2.45) is 5.92 Å². The minimum absolute atomic E-state index is 0. The third-order valence-corrected chi connectivity index (χ3v) is 7.10. The lowest BCUT2D eigenvalue weighted by Crippen LogP contribution is -2.52. The molecule has 1 aliphatic carbocycles. The van der Waals surface area contributed by atoms with Crippen LogP contribution in [0.15, 0.2) is 0 Å². The first-order valence-corrected chi connectivity index (χ1v) is 11.2. The quantitative estimate of drug-likeness (QED) is 0.677. The van der Waals surface area contributed by atoms with Gasteiger partial charge < -0.3 is 15.5 Å². The Kier molecular flexibility index (Phi) is 9.99. The van der Waals surface area contributed by atoms with Gasteiger partial charge in [0.15, 0.2) is 0 Å². The third kappa shape index (κ3) is 6.98. The topological polar surface area (TPSA) is 64.7 Å². The Labute approximate surface area is 187 Å². The Morgan fingerprint density at radius 1 is 0.862 bits per heavy atom. The molecule has 0 spiro atoms. The summed E-state index contributed by atoms with van der Waals surface area (Å²) in [6.45, 7) is 3.67. The van der Waals surface area contributed by atoms with Gasteiger partial charge in [-0.1, -0.05) is 19.3 Å². The molecule has 3 heterocycles. The predicted octanol–water partition coefficient (Wildman–Crippen LogP) is 2.34. The molecule has 2 unspecified atom stereocenters. The van der Waals surface area contributed by atoms with Crippen molar-refractivity contribution in [3.05, 3.63) is 0 Å². The Hall–Kier alpha value is -0.560. The van der Waals surface area contributed by atoms with Crippen molar-refractivity contribution in [3.8, 4) is 0 Å². The molecule has 3 aliphatic heterocycles. The maximum atomic E-state index is 12.7. The van der Waals surface area contributed by atoms with Gasteiger partial charge in [0.2, 0.25) is 11.8 Å². The molecule has 168 valence electrons. The maximum absolute atomic E-state index is 12.7. The highest BCUT2D eigenvalue weighted by Gasteiger charge is 2.35. The van der Waals surface area contributed by atoms with E-state index in [0.717, 1.165) is 45.4 Å². The number of fused-ring (bicyclic) bond motifs is 2. The van der Waals surface area contributed by atoms with Crippen LogP contribution < -0.4 is 10.6 Å². The van der Waals surface area contributed by atoms with Crippen molar-refractivity contribution >= 4 is 36.6 Å². The molecule has 0 aromatic heterocycles. The van der Waals surface area contributed by atoms with Gasteiger partial charge >= 0.3 is 0 Å². The minimum Gasteiger partial charge on any atom is -0.352 e. The fourth-order valence-electron chi connectivity index (χ4n) is 5.60. The van der Waals surface area contributed by atoms with Crippen LogP contribution in [0, 0.1) is 5.92 Å². The number of halogens is 2. The largest absolute Gasteiger partial charge is 0.352 e. The van der Waals surface area contributed by atoms with E-state index in [-0.39, 0.29) is 30.7 Å². The van der Waals surface area contributed by atoms with Crippen LogP contribution in [0.4, 0.5) is 0 Å². The van der Waals surface area contributed by atoms with Gasteiger partial charge in [0.25, 0.3) is 0 Å². The molecule has 0 aromatic rings. The molecule has 3 saturated heterocycles. The summed E-state index contributed by atoms with van der Waals surface area (Å²) in [6.07, 6.45) is 11.7. The SMILES string of the molecule is Cl.Cl.O=C(CN1CCN(C(=O)CC2CC3CCC(C2)N3)CC1)NC1CCCCC1. The van der Waals surface area contributed by atoms with E-state index in [4.69, 9.17) is 0 Å². The number of hydrogen-bond donors (Lipinski definition) is 2. The Morgan fingerprint density at radius 2 is 1.48 bits per heavy atom. The van der Waals surface area contributed by atoms with E-state index in [2.05, 4.69) is 15.5 Å². The van der Waals surface area contributed by atoms with Crippen LogP contribution in [0.3, 0.4) is 0 Å². The van der Waals surface area contributed by atoms with Crippen molar-refractivity contribution in [1.82, 2.24) is 20.4 Å². The molecular formula is C21H38Cl2N4O2. The van der Waals surface area contributed by atoms with Crippen molar-refractivity contribution in [3.63, 3.8) is 0 Å². The number of piperidine rings is 1. The van der Waals surface area contributed by atoms with E-state index in [9.17, 15) is 9.59 Å². The van der Waals surface area contributed by atoms with Gasteiger partial charge in [0, 0.05) is 50.7 Å². The van der Waals surface area contributed by atoms with Crippen molar-refractivity contribution < 1.29 is 9.59 Å². The van der Waals surface area contributed by atoms with Gasteiger partial charge in [-0.05, 0) is 44.4 Å². The number of carbonyl (C=O) groups is 2. The maximum Gasteiger partial charge on any atom is 0.234 e. The van der Waals surface area contributed by atoms with E-state index in [1.807, 2.05) is 4.90 Å². The fraction of sp³-hybridized carbons (Fsp3) is 0.905. The van der Waals surface area contributed by atoms with Crippen LogP contribution in [-0.2, 0) is 9.59 Å². The molecule has 4 rings (SSSR count). The number of rotatable bonds is 5. The molecule has 2 amide bonds. The summed E-state index contributed by atoms with van der Waals surface area (Å²) in [4.78, 5) is 29.2. The normalized spacial score (nSPS) is 30.2. The van der Waals surface area contributed by atoms with Gasteiger partial charge in [-0.15, -0.1) is 24.8 Å². The van der Waals surface area contributed by atoms with Crippen LogP contribution in [-0.4, -0.2) is 72.5 Å². The number of carbonyl (C=O) groups excluding carboxylic acids is 2. The number of nitrogens with one attached hydrogen (secondary N) is 2. The lowest BCUT2D eigenvalue weighted by molar-refractivity contribution is -0.134. The molecule has 2 bridgehead atoms. The van der Waals surface area contributed by atoms with Gasteiger partial charge in [-0.3, -0.25) is 14.5 Å². The van der Waals surface area contributed by atoms with Crippen LogP contribution in [0.1, 0.15) is 64.2 Å². The summed E-state index contributed by atoms with van der Waals surface area (Å²) in [5.41, 5.74) is 0. The Morgan fingerprint density at radius 3 is 2.10 bits per heavy atom. The third-order valence-electron chi connectivity index (χ3n) is 7.10. The van der Waals surface area contributed by atoms with Crippen molar-refractivity contribution in [1.29, 1.82) is 0 Å². The smallest absolute Gasteiger partial charge is 0.234 e. The molecule has 29 heavy (non-hydrogen) atoms. The summed E-state index contributed by atoms with van der Waals surface area (Å²) in [7, 11) is 0. The summed E-state index contributed by atoms with van der Waals surface area (Å²) >= 11 is 0. The summed E-state index contributed by atoms with van der Waals surface area (Å²) in [6, 6.07) is 1.69. The van der Waals surface area contributed by atoms with Crippen molar-refractivity contribution in [2.75, 3.05) is 32.7 Å². The number of hydrogen-bond acceptors (Lipinski definition) is 4. The van der Waals surface area contributed by atoms with Crippen molar-refractivity contribution in [2.45, 2.75) is 82.3 Å². The van der Waals surface area contributed by atoms with Crippen LogP contribution in [0.25, 0.3) is 0 Å². The van der Waals surface area contributed by atoms with Crippen LogP contribution >= 0.6 is 24.8 Å². The fourth-order valence-corrected chi connectivity index (χ4v) is 5.60. The molecule has 8 heteroatoms. The van der Waals surface area contributed by atoms with Gasteiger partial charge in [0.05, 0.1) is 6.54 Å². The Bertz CT molecular complexity index is 525. The van der Waals surface area contributed by atoms with E-state index in [1.165, 1.54) is 44.9 Å². The molecule has 1 saturated carbocycles. The molecule has 4 fully saturated rings. The highest BCUT2D eigenvalue weighted by atomic mass is 35.5. The second-order valence-corrected chi connectivity index (χ2v) is 9.24. The first-order chi connectivity index (χ1) is 13.2. The molecule has 0 aromatic carbocycles. The van der Waals surface area contributed by atoms with E-state index in [0.29, 0.717) is 36.5 Å². The molecule has 6 nitrogen and oxygen atoms in total. The standard InChI is InChI=1S/C21H36N4O2.2ClH/c26-20(23-17-4-2-1-3-5-17)15-24-8-10-25(11-9-24)21(27)14-16-12-18-6-7-19(13-16)22-18;;/h16-19,22H,1-15H2,(H,23,26);2*1H. The summed E-state index contributed by atoms with van der Waals surface area (Å²) in [5, 5.41) is 6.86. The van der Waals surface area contributed by atoms with Crippen LogP contribution in [0.2, 0.25) is 0 Å². The molecule has 0 radical (unpaired) electrons. The second kappa shape index (κ2) is 11.7. The van der Waals surface area contributed by atoms with Gasteiger partial charge in [0.1, 0.15) is 0 Å². The zero-order valence-corrected chi connectivity index (χ0v) is 19.1. The molecule has 4 aliphatic rings. The lowest BCUT2D eigenvalue weighted by Gasteiger charge is -2.36. The zero-order chi connectivity index (χ0) is 18.6. The first-order valence-electron chi connectivity index (χ1n) is 11.2. The monoisotopic (exact) mass is 448 g/mol. The van der Waals surface area contributed by atoms with E-state index < -0.39 is 0 Å². The molecular weight excluding hydrogens is 411 g/mol. The predicted molar refractivity (Wildman–Crippen MR) is 120 cm³/mol. The number of nitrogens with zero attached hydrogens (tertiary/aromatic N) is 2. The highest BCUT2D eigenvalue weighted by molar-refractivity contribution is 5.85. The average Bonchev–Trinajstić information content (AvgIpc) is 3.01. The molecule has 2 N–H and O–H groups in total. The van der Waals surface area contributed by atoms with Gasteiger partial charge in [-0.2, -0.15) is 0 Å². The average molecular weight is 449 g/mol.